The Bertz CT molecular complexity index is 335. The fraction of sp³-hybridized carbons (Fsp3) is 0.938. The lowest BCUT2D eigenvalue weighted by Gasteiger charge is -2.40. The van der Waals surface area contributed by atoms with Crippen LogP contribution in [0.25, 0.3) is 0 Å². The van der Waals surface area contributed by atoms with Gasteiger partial charge in [-0.25, -0.2) is 0 Å². The maximum Gasteiger partial charge on any atom is 0.221 e. The van der Waals surface area contributed by atoms with E-state index in [9.17, 15) is 4.79 Å². The molecule has 2 rings (SSSR count). The van der Waals surface area contributed by atoms with E-state index in [-0.39, 0.29) is 23.5 Å². The highest BCUT2D eigenvalue weighted by molar-refractivity contribution is 5.76. The van der Waals surface area contributed by atoms with Crippen LogP contribution in [-0.4, -0.2) is 51.0 Å². The Morgan fingerprint density at radius 1 is 1.33 bits per heavy atom. The number of carbonyl (C=O) groups excluding carboxylic acids is 1. The lowest BCUT2D eigenvalue weighted by atomic mass is 9.78. The van der Waals surface area contributed by atoms with Gasteiger partial charge in [-0.1, -0.05) is 20.8 Å². The van der Waals surface area contributed by atoms with E-state index in [2.05, 4.69) is 31.4 Å². The molecule has 3 unspecified atom stereocenters. The summed E-state index contributed by atoms with van der Waals surface area (Å²) in [6.07, 6.45) is 2.94. The van der Waals surface area contributed by atoms with Crippen molar-refractivity contribution in [3.05, 3.63) is 0 Å². The van der Waals surface area contributed by atoms with E-state index < -0.39 is 0 Å². The SMILES string of the molecule is CC(C)(C)C1OCCCC1CNC(=O)CC1COCCN1. The molecule has 0 spiro atoms. The van der Waals surface area contributed by atoms with Crippen LogP contribution in [0.1, 0.15) is 40.0 Å². The second kappa shape index (κ2) is 7.56. The van der Waals surface area contributed by atoms with Gasteiger partial charge in [-0.05, 0) is 18.3 Å². The normalized spacial score (nSPS) is 30.9. The van der Waals surface area contributed by atoms with E-state index in [0.29, 0.717) is 25.5 Å². The van der Waals surface area contributed by atoms with E-state index in [1.54, 1.807) is 0 Å². The van der Waals surface area contributed by atoms with Gasteiger partial charge in [0.15, 0.2) is 0 Å². The summed E-state index contributed by atoms with van der Waals surface area (Å²) < 4.78 is 11.3. The van der Waals surface area contributed by atoms with Gasteiger partial charge in [0.1, 0.15) is 0 Å². The number of hydrogen-bond acceptors (Lipinski definition) is 4. The third-order valence-corrected chi connectivity index (χ3v) is 4.29. The van der Waals surface area contributed by atoms with Gasteiger partial charge in [0.05, 0.1) is 19.3 Å². The highest BCUT2D eigenvalue weighted by Crippen LogP contribution is 2.33. The number of hydrogen-bond donors (Lipinski definition) is 2. The zero-order valence-electron chi connectivity index (χ0n) is 13.6. The molecule has 0 bridgehead atoms. The van der Waals surface area contributed by atoms with Crippen molar-refractivity contribution in [2.75, 3.05) is 32.9 Å². The Hall–Kier alpha value is -0.650. The second-order valence-electron chi connectivity index (χ2n) is 7.29. The van der Waals surface area contributed by atoms with Crippen molar-refractivity contribution in [3.8, 4) is 0 Å². The molecule has 0 aromatic carbocycles. The van der Waals surface area contributed by atoms with Gasteiger partial charge in [0.2, 0.25) is 5.91 Å². The summed E-state index contributed by atoms with van der Waals surface area (Å²) in [5.74, 6) is 0.523. The van der Waals surface area contributed by atoms with Gasteiger partial charge in [-0.2, -0.15) is 0 Å². The standard InChI is InChI=1S/C16H30N2O3/c1-16(2,3)15-12(5-4-7-21-15)10-18-14(19)9-13-11-20-8-6-17-13/h12-13,15,17H,4-11H2,1-3H3,(H,18,19). The molecule has 2 heterocycles. The minimum absolute atomic E-state index is 0.108. The summed E-state index contributed by atoms with van der Waals surface area (Å²) >= 11 is 0. The minimum atomic E-state index is 0.108. The first-order valence-electron chi connectivity index (χ1n) is 8.16. The molecule has 1 amide bonds. The van der Waals surface area contributed by atoms with Gasteiger partial charge in [0.25, 0.3) is 0 Å². The molecular weight excluding hydrogens is 268 g/mol. The zero-order chi connectivity index (χ0) is 15.3. The Labute approximate surface area is 128 Å². The Morgan fingerprint density at radius 3 is 2.81 bits per heavy atom. The number of amides is 1. The van der Waals surface area contributed by atoms with Crippen LogP contribution in [0, 0.1) is 11.3 Å². The fourth-order valence-corrected chi connectivity index (χ4v) is 3.30. The van der Waals surface area contributed by atoms with Crippen LogP contribution in [0.15, 0.2) is 0 Å². The van der Waals surface area contributed by atoms with Crippen LogP contribution < -0.4 is 10.6 Å². The van der Waals surface area contributed by atoms with Gasteiger partial charge in [-0.15, -0.1) is 0 Å². The van der Waals surface area contributed by atoms with E-state index in [1.165, 1.54) is 0 Å². The van der Waals surface area contributed by atoms with E-state index in [0.717, 1.165) is 32.6 Å². The summed E-state index contributed by atoms with van der Waals surface area (Å²) in [4.78, 5) is 12.1. The molecule has 2 N–H and O–H groups in total. The number of rotatable bonds is 4. The summed E-state index contributed by atoms with van der Waals surface area (Å²) in [5.41, 5.74) is 0.120. The first kappa shape index (κ1) is 16.7. The van der Waals surface area contributed by atoms with Crippen LogP contribution in [-0.2, 0) is 14.3 Å². The van der Waals surface area contributed by atoms with Gasteiger partial charge in [-0.3, -0.25) is 4.79 Å². The molecule has 0 aromatic rings. The number of nitrogens with one attached hydrogen (secondary N) is 2. The van der Waals surface area contributed by atoms with Crippen molar-refractivity contribution in [2.24, 2.45) is 11.3 Å². The molecule has 2 aliphatic heterocycles. The maximum atomic E-state index is 12.1. The monoisotopic (exact) mass is 298 g/mol. The van der Waals surface area contributed by atoms with Crippen molar-refractivity contribution >= 4 is 5.91 Å². The third kappa shape index (κ3) is 5.24. The predicted molar refractivity (Wildman–Crippen MR) is 82.2 cm³/mol. The summed E-state index contributed by atoms with van der Waals surface area (Å²) in [6.45, 7) is 10.4. The second-order valence-corrected chi connectivity index (χ2v) is 7.29. The molecule has 0 aliphatic carbocycles. The first-order chi connectivity index (χ1) is 9.97. The summed E-state index contributed by atoms with van der Waals surface area (Å²) in [5, 5.41) is 6.40. The quantitative estimate of drug-likeness (QED) is 0.822. The number of ether oxygens (including phenoxy) is 2. The van der Waals surface area contributed by atoms with E-state index in [1.807, 2.05) is 0 Å². The minimum Gasteiger partial charge on any atom is -0.378 e. The van der Waals surface area contributed by atoms with Gasteiger partial charge >= 0.3 is 0 Å². The Balaban J connectivity index is 1.76. The highest BCUT2D eigenvalue weighted by Gasteiger charge is 2.35. The predicted octanol–water partition coefficient (Wildman–Crippen LogP) is 1.32. The Morgan fingerprint density at radius 2 is 2.14 bits per heavy atom. The van der Waals surface area contributed by atoms with Crippen molar-refractivity contribution in [2.45, 2.75) is 52.2 Å². The summed E-state index contributed by atoms with van der Waals surface area (Å²) in [7, 11) is 0. The number of morpholine rings is 1. The van der Waals surface area contributed by atoms with E-state index >= 15 is 0 Å². The van der Waals surface area contributed by atoms with E-state index in [4.69, 9.17) is 9.47 Å². The number of carbonyl (C=O) groups is 1. The lowest BCUT2D eigenvalue weighted by molar-refractivity contribution is -0.124. The molecule has 2 fully saturated rings. The molecule has 2 saturated heterocycles. The summed E-state index contributed by atoms with van der Waals surface area (Å²) in [6, 6.07) is 0.153. The molecule has 5 nitrogen and oxygen atoms in total. The van der Waals surface area contributed by atoms with Crippen LogP contribution in [0.2, 0.25) is 0 Å². The molecular formula is C16H30N2O3. The highest BCUT2D eigenvalue weighted by atomic mass is 16.5. The molecule has 0 aromatic heterocycles. The van der Waals surface area contributed by atoms with Crippen LogP contribution in [0.3, 0.4) is 0 Å². The largest absolute Gasteiger partial charge is 0.378 e. The van der Waals surface area contributed by atoms with Crippen LogP contribution in [0.5, 0.6) is 0 Å². The molecule has 2 aliphatic rings. The maximum absolute atomic E-state index is 12.1. The molecule has 0 saturated carbocycles. The van der Waals surface area contributed by atoms with Crippen molar-refractivity contribution in [1.82, 2.24) is 10.6 Å². The van der Waals surface area contributed by atoms with Crippen LogP contribution >= 0.6 is 0 Å². The molecule has 3 atom stereocenters. The molecule has 5 heteroatoms. The molecule has 21 heavy (non-hydrogen) atoms. The van der Waals surface area contributed by atoms with Gasteiger partial charge in [0, 0.05) is 38.1 Å². The smallest absolute Gasteiger partial charge is 0.221 e. The molecule has 122 valence electrons. The van der Waals surface area contributed by atoms with Gasteiger partial charge < -0.3 is 20.1 Å². The zero-order valence-corrected chi connectivity index (χ0v) is 13.6. The van der Waals surface area contributed by atoms with Crippen molar-refractivity contribution < 1.29 is 14.3 Å². The average Bonchev–Trinajstić information content (AvgIpc) is 2.45. The first-order valence-corrected chi connectivity index (χ1v) is 8.16. The average molecular weight is 298 g/mol. The Kier molecular flexibility index (Phi) is 6.02. The third-order valence-electron chi connectivity index (χ3n) is 4.29. The topological polar surface area (TPSA) is 59.6 Å². The van der Waals surface area contributed by atoms with Crippen LogP contribution in [0.4, 0.5) is 0 Å². The van der Waals surface area contributed by atoms with Crippen molar-refractivity contribution in [1.29, 1.82) is 0 Å². The fourth-order valence-electron chi connectivity index (χ4n) is 3.30. The molecule has 0 radical (unpaired) electrons. The lowest BCUT2D eigenvalue weighted by Crippen LogP contribution is -2.47. The van der Waals surface area contributed by atoms with Crippen molar-refractivity contribution in [3.63, 3.8) is 0 Å².